The number of hydrogen-bond acceptors (Lipinski definition) is 5. The first kappa shape index (κ1) is 15.5. The number of phenols is 1. The number of thioether (sulfide) groups is 1. The summed E-state index contributed by atoms with van der Waals surface area (Å²) in [7, 11) is 0. The molecule has 1 aliphatic rings. The molecule has 110 valence electrons. The van der Waals surface area contributed by atoms with E-state index in [2.05, 4.69) is 0 Å². The normalized spacial score (nSPS) is 16.9. The number of carbonyl (C=O) groups is 2. The van der Waals surface area contributed by atoms with Gasteiger partial charge in [-0.15, -0.1) is 0 Å². The van der Waals surface area contributed by atoms with Crippen LogP contribution in [0.1, 0.15) is 16.7 Å². The van der Waals surface area contributed by atoms with Gasteiger partial charge in [-0.05, 0) is 48.7 Å². The fourth-order valence-corrected chi connectivity index (χ4v) is 3.25. The molecule has 1 aromatic carbocycles. The minimum absolute atomic E-state index is 0.227. The Kier molecular flexibility index (Phi) is 4.34. The van der Waals surface area contributed by atoms with Crippen molar-refractivity contribution < 1.29 is 19.8 Å². The van der Waals surface area contributed by atoms with Gasteiger partial charge in [0.1, 0.15) is 16.6 Å². The van der Waals surface area contributed by atoms with Gasteiger partial charge in [0.05, 0.1) is 4.91 Å². The van der Waals surface area contributed by atoms with E-state index in [1.165, 1.54) is 0 Å². The van der Waals surface area contributed by atoms with Crippen molar-refractivity contribution >= 4 is 46.3 Å². The van der Waals surface area contributed by atoms with Gasteiger partial charge < -0.3 is 10.2 Å². The van der Waals surface area contributed by atoms with Gasteiger partial charge >= 0.3 is 5.97 Å². The molecule has 1 fully saturated rings. The highest BCUT2D eigenvalue weighted by Gasteiger charge is 2.33. The lowest BCUT2D eigenvalue weighted by atomic mass is 10.1. The molecule has 1 heterocycles. The van der Waals surface area contributed by atoms with E-state index in [0.717, 1.165) is 22.2 Å². The highest BCUT2D eigenvalue weighted by molar-refractivity contribution is 8.26. The largest absolute Gasteiger partial charge is 0.507 e. The first-order chi connectivity index (χ1) is 9.79. The number of carboxylic acid groups (broad SMARTS) is 1. The summed E-state index contributed by atoms with van der Waals surface area (Å²) in [6, 6.07) is 3.51. The van der Waals surface area contributed by atoms with Crippen molar-refractivity contribution in [3.63, 3.8) is 0 Å². The fraction of sp³-hybridized carbons (Fsp3) is 0.214. The summed E-state index contributed by atoms with van der Waals surface area (Å²) in [6.45, 7) is 3.11. The Morgan fingerprint density at radius 2 is 1.95 bits per heavy atom. The molecule has 0 saturated carbocycles. The Hall–Kier alpha value is -1.86. The number of benzene rings is 1. The number of aromatic hydroxyl groups is 1. The van der Waals surface area contributed by atoms with Crippen molar-refractivity contribution in [3.05, 3.63) is 33.7 Å². The number of nitrogens with zero attached hydrogens (tertiary/aromatic N) is 1. The molecule has 1 amide bonds. The van der Waals surface area contributed by atoms with Crippen LogP contribution in [0.4, 0.5) is 0 Å². The third kappa shape index (κ3) is 3.25. The van der Waals surface area contributed by atoms with Crippen LogP contribution in [0.5, 0.6) is 5.75 Å². The van der Waals surface area contributed by atoms with Crippen molar-refractivity contribution in [1.29, 1.82) is 0 Å². The van der Waals surface area contributed by atoms with E-state index in [1.54, 1.807) is 32.1 Å². The van der Waals surface area contributed by atoms with Crippen molar-refractivity contribution in [2.75, 3.05) is 6.54 Å². The number of hydrogen-bond donors (Lipinski definition) is 2. The summed E-state index contributed by atoms with van der Waals surface area (Å²) in [6.07, 6.45) is 1.65. The molecule has 5 nitrogen and oxygen atoms in total. The molecule has 0 radical (unpaired) electrons. The second kappa shape index (κ2) is 5.87. The van der Waals surface area contributed by atoms with Crippen LogP contribution < -0.4 is 0 Å². The van der Waals surface area contributed by atoms with E-state index in [0.29, 0.717) is 16.0 Å². The summed E-state index contributed by atoms with van der Waals surface area (Å²) in [5, 5.41) is 18.5. The van der Waals surface area contributed by atoms with E-state index in [1.807, 2.05) is 0 Å². The van der Waals surface area contributed by atoms with Crippen LogP contribution >= 0.6 is 24.0 Å². The average Bonchev–Trinajstić information content (AvgIpc) is 2.63. The maximum absolute atomic E-state index is 12.1. The summed E-state index contributed by atoms with van der Waals surface area (Å²) < 4.78 is 0.237. The fourth-order valence-electron chi connectivity index (χ4n) is 2.00. The second-order valence-electron chi connectivity index (χ2n) is 4.66. The summed E-state index contributed by atoms with van der Waals surface area (Å²) in [5.74, 6) is -1.29. The molecule has 2 N–H and O–H groups in total. The first-order valence-corrected chi connectivity index (χ1v) is 7.29. The maximum atomic E-state index is 12.1. The lowest BCUT2D eigenvalue weighted by Gasteiger charge is -2.10. The van der Waals surface area contributed by atoms with Crippen LogP contribution in [0.3, 0.4) is 0 Å². The molecule has 1 aliphatic heterocycles. The van der Waals surface area contributed by atoms with E-state index < -0.39 is 18.4 Å². The first-order valence-electron chi connectivity index (χ1n) is 6.07. The minimum atomic E-state index is -1.11. The number of phenolic OH excluding ortho intramolecular Hbond substituents is 1. The SMILES string of the molecule is Cc1cc(/C=C2/SC(=S)N(CC(=O)O)C2=O)cc(C)c1O. The Bertz CT molecular complexity index is 659. The predicted molar refractivity (Wildman–Crippen MR) is 85.1 cm³/mol. The van der Waals surface area contributed by atoms with Gasteiger partial charge in [0, 0.05) is 0 Å². The number of amides is 1. The van der Waals surface area contributed by atoms with Crippen LogP contribution in [0.15, 0.2) is 17.0 Å². The van der Waals surface area contributed by atoms with Crippen LogP contribution in [0, 0.1) is 13.8 Å². The van der Waals surface area contributed by atoms with Gasteiger partial charge in [-0.3, -0.25) is 14.5 Å². The molecule has 0 aromatic heterocycles. The van der Waals surface area contributed by atoms with E-state index >= 15 is 0 Å². The summed E-state index contributed by atoms with van der Waals surface area (Å²) in [5.41, 5.74) is 2.18. The molecule has 7 heteroatoms. The standard InChI is InChI=1S/C14H13NO4S2/c1-7-3-9(4-8(2)12(7)18)5-10-13(19)15(6-11(16)17)14(20)21-10/h3-5,18H,6H2,1-2H3,(H,16,17)/b10-5+. The van der Waals surface area contributed by atoms with Crippen molar-refractivity contribution in [3.8, 4) is 5.75 Å². The molecule has 0 spiro atoms. The molecule has 0 bridgehead atoms. The van der Waals surface area contributed by atoms with Gasteiger partial charge in [0.25, 0.3) is 5.91 Å². The van der Waals surface area contributed by atoms with E-state index in [-0.39, 0.29) is 10.1 Å². The smallest absolute Gasteiger partial charge is 0.323 e. The molecule has 21 heavy (non-hydrogen) atoms. The molecule has 0 atom stereocenters. The van der Waals surface area contributed by atoms with Crippen LogP contribution in [-0.4, -0.2) is 37.9 Å². The highest BCUT2D eigenvalue weighted by Crippen LogP contribution is 2.33. The van der Waals surface area contributed by atoms with E-state index in [4.69, 9.17) is 17.3 Å². The third-order valence-electron chi connectivity index (χ3n) is 2.98. The average molecular weight is 323 g/mol. The summed E-state index contributed by atoms with van der Waals surface area (Å²) >= 11 is 6.10. The molecule has 1 aromatic rings. The molecule has 2 rings (SSSR count). The second-order valence-corrected chi connectivity index (χ2v) is 6.34. The lowest BCUT2D eigenvalue weighted by Crippen LogP contribution is -2.33. The van der Waals surface area contributed by atoms with Gasteiger partial charge in [-0.1, -0.05) is 24.0 Å². The van der Waals surface area contributed by atoms with Gasteiger partial charge in [-0.2, -0.15) is 0 Å². The van der Waals surface area contributed by atoms with Gasteiger partial charge in [0.2, 0.25) is 0 Å². The van der Waals surface area contributed by atoms with Gasteiger partial charge in [-0.25, -0.2) is 0 Å². The Labute approximate surface area is 131 Å². The zero-order chi connectivity index (χ0) is 15.7. The third-order valence-corrected chi connectivity index (χ3v) is 4.36. The molecular formula is C14H13NO4S2. The van der Waals surface area contributed by atoms with Crippen molar-refractivity contribution in [2.24, 2.45) is 0 Å². The highest BCUT2D eigenvalue weighted by atomic mass is 32.2. The molecule has 1 saturated heterocycles. The number of rotatable bonds is 3. The Morgan fingerprint density at radius 3 is 2.48 bits per heavy atom. The number of aryl methyl sites for hydroxylation is 2. The summed E-state index contributed by atoms with van der Waals surface area (Å²) in [4.78, 5) is 24.3. The molecule has 0 aliphatic carbocycles. The topological polar surface area (TPSA) is 77.8 Å². The number of thiocarbonyl (C=S) groups is 1. The Balaban J connectivity index is 2.33. The monoisotopic (exact) mass is 323 g/mol. The van der Waals surface area contributed by atoms with Crippen molar-refractivity contribution in [2.45, 2.75) is 13.8 Å². The van der Waals surface area contributed by atoms with Crippen molar-refractivity contribution in [1.82, 2.24) is 4.90 Å². The maximum Gasteiger partial charge on any atom is 0.323 e. The quantitative estimate of drug-likeness (QED) is 0.656. The van der Waals surface area contributed by atoms with Crippen LogP contribution in [-0.2, 0) is 9.59 Å². The Morgan fingerprint density at radius 1 is 1.38 bits per heavy atom. The number of aliphatic carboxylic acids is 1. The van der Waals surface area contributed by atoms with Crippen LogP contribution in [0.2, 0.25) is 0 Å². The minimum Gasteiger partial charge on any atom is -0.507 e. The van der Waals surface area contributed by atoms with Gasteiger partial charge in [0.15, 0.2) is 0 Å². The number of carboxylic acids is 1. The predicted octanol–water partition coefficient (Wildman–Crippen LogP) is 2.29. The van der Waals surface area contributed by atoms with Crippen LogP contribution in [0.25, 0.3) is 6.08 Å². The number of carbonyl (C=O) groups excluding carboxylic acids is 1. The zero-order valence-electron chi connectivity index (χ0n) is 11.4. The zero-order valence-corrected chi connectivity index (χ0v) is 13.0. The lowest BCUT2D eigenvalue weighted by molar-refractivity contribution is -0.140. The molecular weight excluding hydrogens is 310 g/mol. The van der Waals surface area contributed by atoms with E-state index in [9.17, 15) is 14.7 Å². The molecule has 0 unspecified atom stereocenters.